The second kappa shape index (κ2) is 9.82. The number of anilines is 1. The van der Waals surface area contributed by atoms with Gasteiger partial charge < -0.3 is 10.2 Å². The highest BCUT2D eigenvalue weighted by Crippen LogP contribution is 2.14. The summed E-state index contributed by atoms with van der Waals surface area (Å²) in [4.78, 5) is 2.44. The van der Waals surface area contributed by atoms with Gasteiger partial charge in [0, 0.05) is 31.4 Å². The Labute approximate surface area is 125 Å². The summed E-state index contributed by atoms with van der Waals surface area (Å²) in [6.07, 6.45) is 5.31. The molecule has 0 aliphatic heterocycles. The molecule has 0 saturated carbocycles. The van der Waals surface area contributed by atoms with E-state index in [0.29, 0.717) is 6.04 Å². The molecule has 0 bridgehead atoms. The standard InChI is InChI=1S/C18H32N2/c1-5-7-8-9-17(4)19-14-15-20(6-2)18-12-10-16(3)11-13-18/h10-13,17,19H,5-9,14-15H2,1-4H3. The number of aryl methyl sites for hydroxylation is 1. The number of nitrogens with one attached hydrogen (secondary N) is 1. The highest BCUT2D eigenvalue weighted by atomic mass is 15.1. The fourth-order valence-corrected chi connectivity index (χ4v) is 2.47. The molecule has 2 nitrogen and oxygen atoms in total. The molecule has 1 rings (SSSR count). The van der Waals surface area contributed by atoms with Crippen molar-refractivity contribution in [2.24, 2.45) is 0 Å². The van der Waals surface area contributed by atoms with Gasteiger partial charge in [0.1, 0.15) is 0 Å². The SMILES string of the molecule is CCCCCC(C)NCCN(CC)c1ccc(C)cc1. The van der Waals surface area contributed by atoms with Crippen molar-refractivity contribution in [2.75, 3.05) is 24.5 Å². The molecule has 0 aromatic heterocycles. The van der Waals surface area contributed by atoms with Crippen molar-refractivity contribution in [1.82, 2.24) is 5.32 Å². The highest BCUT2D eigenvalue weighted by molar-refractivity contribution is 5.47. The average Bonchev–Trinajstić information content (AvgIpc) is 2.45. The molecule has 0 aliphatic carbocycles. The molecular weight excluding hydrogens is 244 g/mol. The number of hydrogen-bond acceptors (Lipinski definition) is 2. The van der Waals surface area contributed by atoms with Gasteiger partial charge in [-0.25, -0.2) is 0 Å². The van der Waals surface area contributed by atoms with Crippen LogP contribution >= 0.6 is 0 Å². The molecule has 0 radical (unpaired) electrons. The molecule has 0 amide bonds. The van der Waals surface area contributed by atoms with E-state index in [1.165, 1.54) is 36.9 Å². The van der Waals surface area contributed by atoms with Crippen molar-refractivity contribution in [3.05, 3.63) is 29.8 Å². The first-order chi connectivity index (χ1) is 9.67. The van der Waals surface area contributed by atoms with Crippen LogP contribution in [-0.4, -0.2) is 25.7 Å². The number of unbranched alkanes of at least 4 members (excludes halogenated alkanes) is 2. The lowest BCUT2D eigenvalue weighted by Gasteiger charge is -2.24. The fourth-order valence-electron chi connectivity index (χ4n) is 2.47. The van der Waals surface area contributed by atoms with E-state index in [-0.39, 0.29) is 0 Å². The van der Waals surface area contributed by atoms with Gasteiger partial charge in [0.2, 0.25) is 0 Å². The lowest BCUT2D eigenvalue weighted by atomic mass is 10.1. The van der Waals surface area contributed by atoms with E-state index < -0.39 is 0 Å². The Balaban J connectivity index is 2.29. The third-order valence-corrected chi connectivity index (χ3v) is 3.90. The van der Waals surface area contributed by atoms with E-state index in [2.05, 4.69) is 62.2 Å². The maximum Gasteiger partial charge on any atom is 0.0366 e. The Bertz CT molecular complexity index is 345. The molecule has 0 aliphatic rings. The Morgan fingerprint density at radius 1 is 1.10 bits per heavy atom. The van der Waals surface area contributed by atoms with Crippen LogP contribution in [0.2, 0.25) is 0 Å². The quantitative estimate of drug-likeness (QED) is 0.638. The van der Waals surface area contributed by atoms with Crippen molar-refractivity contribution >= 4 is 5.69 Å². The second-order valence-corrected chi connectivity index (χ2v) is 5.77. The van der Waals surface area contributed by atoms with E-state index in [1.54, 1.807) is 0 Å². The Morgan fingerprint density at radius 2 is 1.80 bits per heavy atom. The molecule has 2 heteroatoms. The van der Waals surface area contributed by atoms with Crippen LogP contribution in [0.1, 0.15) is 52.0 Å². The summed E-state index contributed by atoms with van der Waals surface area (Å²) in [6.45, 7) is 12.1. The van der Waals surface area contributed by atoms with Crippen LogP contribution in [0, 0.1) is 6.92 Å². The van der Waals surface area contributed by atoms with E-state index in [4.69, 9.17) is 0 Å². The van der Waals surface area contributed by atoms with Crippen LogP contribution in [0.25, 0.3) is 0 Å². The monoisotopic (exact) mass is 276 g/mol. The molecule has 0 heterocycles. The van der Waals surface area contributed by atoms with Gasteiger partial charge in [0.15, 0.2) is 0 Å². The van der Waals surface area contributed by atoms with Gasteiger partial charge in [0.25, 0.3) is 0 Å². The number of hydrogen-bond donors (Lipinski definition) is 1. The molecule has 1 aromatic rings. The summed E-state index contributed by atoms with van der Waals surface area (Å²) >= 11 is 0. The predicted molar refractivity (Wildman–Crippen MR) is 90.7 cm³/mol. The number of nitrogens with zero attached hydrogens (tertiary/aromatic N) is 1. The molecular formula is C18H32N2. The maximum atomic E-state index is 3.65. The van der Waals surface area contributed by atoms with Crippen LogP contribution < -0.4 is 10.2 Å². The molecule has 0 spiro atoms. The van der Waals surface area contributed by atoms with E-state index >= 15 is 0 Å². The zero-order valence-electron chi connectivity index (χ0n) is 13.8. The van der Waals surface area contributed by atoms with Crippen molar-refractivity contribution in [2.45, 2.75) is 59.4 Å². The number of benzene rings is 1. The lowest BCUT2D eigenvalue weighted by Crippen LogP contribution is -2.36. The highest BCUT2D eigenvalue weighted by Gasteiger charge is 2.05. The van der Waals surface area contributed by atoms with Crippen LogP contribution in [0.4, 0.5) is 5.69 Å². The molecule has 1 aromatic carbocycles. The van der Waals surface area contributed by atoms with Crippen LogP contribution in [0.5, 0.6) is 0 Å². The first-order valence-electron chi connectivity index (χ1n) is 8.22. The van der Waals surface area contributed by atoms with Crippen molar-refractivity contribution in [1.29, 1.82) is 0 Å². The second-order valence-electron chi connectivity index (χ2n) is 5.77. The summed E-state index contributed by atoms with van der Waals surface area (Å²) in [5.74, 6) is 0. The molecule has 0 fully saturated rings. The third kappa shape index (κ3) is 6.42. The zero-order chi connectivity index (χ0) is 14.8. The van der Waals surface area contributed by atoms with Crippen LogP contribution in [0.3, 0.4) is 0 Å². The van der Waals surface area contributed by atoms with Gasteiger partial charge in [-0.1, -0.05) is 43.9 Å². The molecule has 1 atom stereocenters. The first-order valence-corrected chi connectivity index (χ1v) is 8.22. The Morgan fingerprint density at radius 3 is 2.40 bits per heavy atom. The largest absolute Gasteiger partial charge is 0.371 e. The minimum atomic E-state index is 0.637. The minimum absolute atomic E-state index is 0.637. The van der Waals surface area contributed by atoms with Gasteiger partial charge in [-0.05, 0) is 39.3 Å². The normalized spacial score (nSPS) is 12.4. The smallest absolute Gasteiger partial charge is 0.0366 e. The molecule has 1 N–H and O–H groups in total. The van der Waals surface area contributed by atoms with Crippen molar-refractivity contribution in [3.63, 3.8) is 0 Å². The average molecular weight is 276 g/mol. The summed E-state index contributed by atoms with van der Waals surface area (Å²) in [6, 6.07) is 9.48. The van der Waals surface area contributed by atoms with Crippen molar-refractivity contribution < 1.29 is 0 Å². The zero-order valence-corrected chi connectivity index (χ0v) is 13.8. The van der Waals surface area contributed by atoms with Crippen molar-refractivity contribution in [3.8, 4) is 0 Å². The molecule has 20 heavy (non-hydrogen) atoms. The fraction of sp³-hybridized carbons (Fsp3) is 0.667. The Hall–Kier alpha value is -1.02. The maximum absolute atomic E-state index is 3.65. The van der Waals surface area contributed by atoms with Gasteiger partial charge in [-0.15, -0.1) is 0 Å². The molecule has 114 valence electrons. The first kappa shape index (κ1) is 17.0. The van der Waals surface area contributed by atoms with Crippen LogP contribution in [0.15, 0.2) is 24.3 Å². The lowest BCUT2D eigenvalue weighted by molar-refractivity contribution is 0.489. The summed E-state index contributed by atoms with van der Waals surface area (Å²) in [5.41, 5.74) is 2.66. The number of rotatable bonds is 10. The topological polar surface area (TPSA) is 15.3 Å². The third-order valence-electron chi connectivity index (χ3n) is 3.90. The van der Waals surface area contributed by atoms with E-state index in [0.717, 1.165) is 19.6 Å². The van der Waals surface area contributed by atoms with Crippen LogP contribution in [-0.2, 0) is 0 Å². The van der Waals surface area contributed by atoms with E-state index in [1.807, 2.05) is 0 Å². The summed E-state index contributed by atoms with van der Waals surface area (Å²) in [7, 11) is 0. The van der Waals surface area contributed by atoms with Gasteiger partial charge in [-0.3, -0.25) is 0 Å². The van der Waals surface area contributed by atoms with E-state index in [9.17, 15) is 0 Å². The molecule has 1 unspecified atom stereocenters. The van der Waals surface area contributed by atoms with Gasteiger partial charge >= 0.3 is 0 Å². The van der Waals surface area contributed by atoms with Gasteiger partial charge in [0.05, 0.1) is 0 Å². The number of likely N-dealkylation sites (N-methyl/N-ethyl adjacent to an activating group) is 1. The Kier molecular flexibility index (Phi) is 8.36. The summed E-state index contributed by atoms with van der Waals surface area (Å²) < 4.78 is 0. The molecule has 0 saturated heterocycles. The predicted octanol–water partition coefficient (Wildman–Crippen LogP) is 4.38. The minimum Gasteiger partial charge on any atom is -0.371 e. The summed E-state index contributed by atoms with van der Waals surface area (Å²) in [5, 5.41) is 3.65. The van der Waals surface area contributed by atoms with Gasteiger partial charge in [-0.2, -0.15) is 0 Å².